The summed E-state index contributed by atoms with van der Waals surface area (Å²) in [4.78, 5) is 4.75. The van der Waals surface area contributed by atoms with Crippen molar-refractivity contribution >= 4 is 39.1 Å². The second-order valence-electron chi connectivity index (χ2n) is 7.29. The van der Waals surface area contributed by atoms with Crippen LogP contribution in [0.15, 0.2) is 103 Å². The molecule has 0 saturated heterocycles. The fourth-order valence-electron chi connectivity index (χ4n) is 4.39. The maximum absolute atomic E-state index is 3.91. The summed E-state index contributed by atoms with van der Waals surface area (Å²) >= 11 is 3.91. The fourth-order valence-corrected chi connectivity index (χ4v) is 11.4. The van der Waals surface area contributed by atoms with E-state index in [0.29, 0.717) is 5.78 Å². The quantitative estimate of drug-likeness (QED) is 0.410. The average Bonchev–Trinajstić information content (AvgIpc) is 3.19. The zero-order valence-electron chi connectivity index (χ0n) is 16.1. The molecule has 0 aromatic heterocycles. The molecule has 1 heterocycles. The molecule has 1 aliphatic rings. The van der Waals surface area contributed by atoms with Crippen LogP contribution in [0, 0.1) is 0 Å². The molecule has 0 N–H and O–H groups in total. The Morgan fingerprint density at radius 2 is 1.18 bits per heavy atom. The van der Waals surface area contributed by atoms with Crippen LogP contribution in [0.2, 0.25) is 0 Å². The first-order valence-electron chi connectivity index (χ1n) is 9.63. The van der Waals surface area contributed by atoms with Crippen molar-refractivity contribution in [3.05, 3.63) is 103 Å². The SMILES string of the molecule is CN1C=CN(C(CBr)[PH](c2ccccc2)(c2ccccc2)c2ccccc2)C1. The van der Waals surface area contributed by atoms with Gasteiger partial charge in [-0.1, -0.05) is 0 Å². The number of benzene rings is 3. The Labute approximate surface area is 177 Å². The van der Waals surface area contributed by atoms with Crippen LogP contribution >= 0.6 is 23.2 Å². The van der Waals surface area contributed by atoms with E-state index < -0.39 is 7.26 Å². The summed E-state index contributed by atoms with van der Waals surface area (Å²) < 4.78 is 0. The van der Waals surface area contributed by atoms with Gasteiger partial charge >= 0.3 is 177 Å². The first-order valence-corrected chi connectivity index (χ1v) is 12.8. The van der Waals surface area contributed by atoms with Crippen LogP contribution in [0.25, 0.3) is 0 Å². The van der Waals surface area contributed by atoms with E-state index in [-0.39, 0.29) is 0 Å². The molecule has 4 heteroatoms. The molecule has 4 rings (SSSR count). The van der Waals surface area contributed by atoms with Gasteiger partial charge in [-0.3, -0.25) is 0 Å². The summed E-state index contributed by atoms with van der Waals surface area (Å²) in [5.74, 6) is 0.348. The molecule has 28 heavy (non-hydrogen) atoms. The zero-order chi connectivity index (χ0) is 19.4. The van der Waals surface area contributed by atoms with E-state index in [9.17, 15) is 0 Å². The molecule has 0 amide bonds. The van der Waals surface area contributed by atoms with Crippen LogP contribution < -0.4 is 15.9 Å². The standard InChI is InChI=1S/C24H26BrN2P/c1-26-17-18-27(20-26)24(19-25)28(21-11-5-2-6-12-21,22-13-7-3-8-14-22)23-15-9-4-10-16-23/h2-18,24,28H,19-20H2,1H3. The predicted molar refractivity (Wildman–Crippen MR) is 128 cm³/mol. The van der Waals surface area contributed by atoms with Gasteiger partial charge < -0.3 is 0 Å². The third kappa shape index (κ3) is 3.38. The van der Waals surface area contributed by atoms with E-state index in [1.807, 2.05) is 0 Å². The molecule has 0 aliphatic carbocycles. The number of hydrogen-bond acceptors (Lipinski definition) is 2. The van der Waals surface area contributed by atoms with Crippen LogP contribution in [0.3, 0.4) is 0 Å². The summed E-state index contributed by atoms with van der Waals surface area (Å²) in [7, 11) is -0.209. The van der Waals surface area contributed by atoms with Crippen molar-refractivity contribution in [2.45, 2.75) is 5.78 Å². The Bertz CT molecular complexity index is 818. The van der Waals surface area contributed by atoms with Crippen molar-refractivity contribution in [1.82, 2.24) is 9.80 Å². The van der Waals surface area contributed by atoms with Gasteiger partial charge in [-0.05, 0) is 0 Å². The Morgan fingerprint density at radius 3 is 1.50 bits per heavy atom. The van der Waals surface area contributed by atoms with Crippen LogP contribution in [0.4, 0.5) is 0 Å². The third-order valence-electron chi connectivity index (χ3n) is 5.63. The molecule has 1 unspecified atom stereocenters. The molecule has 2 nitrogen and oxygen atoms in total. The van der Waals surface area contributed by atoms with E-state index in [4.69, 9.17) is 0 Å². The molecule has 0 fully saturated rings. The molecular weight excluding hydrogens is 427 g/mol. The van der Waals surface area contributed by atoms with Gasteiger partial charge in [0.1, 0.15) is 0 Å². The van der Waals surface area contributed by atoms with Gasteiger partial charge in [0, 0.05) is 0 Å². The molecule has 0 bridgehead atoms. The molecule has 3 aromatic carbocycles. The van der Waals surface area contributed by atoms with Crippen molar-refractivity contribution in [3.8, 4) is 0 Å². The minimum atomic E-state index is -2.35. The number of rotatable bonds is 6. The summed E-state index contributed by atoms with van der Waals surface area (Å²) in [5.41, 5.74) is 0. The van der Waals surface area contributed by atoms with Crippen molar-refractivity contribution in [3.63, 3.8) is 0 Å². The van der Waals surface area contributed by atoms with Gasteiger partial charge in [0.05, 0.1) is 0 Å². The topological polar surface area (TPSA) is 6.48 Å². The van der Waals surface area contributed by atoms with Crippen LogP contribution in [0.1, 0.15) is 0 Å². The second kappa shape index (κ2) is 8.51. The molecule has 1 atom stereocenters. The Kier molecular flexibility index (Phi) is 5.85. The Balaban J connectivity index is 2.02. The van der Waals surface area contributed by atoms with Crippen LogP contribution in [-0.2, 0) is 0 Å². The van der Waals surface area contributed by atoms with Crippen LogP contribution in [0.5, 0.6) is 0 Å². The minimum absolute atomic E-state index is 0.348. The van der Waals surface area contributed by atoms with E-state index >= 15 is 0 Å². The van der Waals surface area contributed by atoms with E-state index in [0.717, 1.165) is 12.0 Å². The number of nitrogens with zero attached hydrogens (tertiary/aromatic N) is 2. The van der Waals surface area contributed by atoms with Gasteiger partial charge in [-0.15, -0.1) is 0 Å². The number of halogens is 1. The van der Waals surface area contributed by atoms with Gasteiger partial charge in [0.2, 0.25) is 0 Å². The van der Waals surface area contributed by atoms with Crippen molar-refractivity contribution < 1.29 is 0 Å². The van der Waals surface area contributed by atoms with Gasteiger partial charge in [-0.25, -0.2) is 0 Å². The predicted octanol–water partition coefficient (Wildman–Crippen LogP) is 4.11. The van der Waals surface area contributed by atoms with E-state index in [1.165, 1.54) is 15.9 Å². The Hall–Kier alpha value is -2.09. The monoisotopic (exact) mass is 452 g/mol. The Morgan fingerprint density at radius 1 is 0.750 bits per heavy atom. The summed E-state index contributed by atoms with van der Waals surface area (Å²) in [6, 6.07) is 33.4. The molecule has 1 aliphatic heterocycles. The fraction of sp³-hybridized carbons (Fsp3) is 0.167. The zero-order valence-corrected chi connectivity index (χ0v) is 18.7. The normalized spacial score (nSPS) is 15.6. The summed E-state index contributed by atoms with van der Waals surface area (Å²) in [6.07, 6.45) is 4.43. The van der Waals surface area contributed by atoms with Gasteiger partial charge in [0.25, 0.3) is 0 Å². The number of alkyl halides is 1. The van der Waals surface area contributed by atoms with E-state index in [2.05, 4.69) is 136 Å². The first kappa shape index (κ1) is 19.2. The van der Waals surface area contributed by atoms with Crippen LogP contribution in [-0.4, -0.2) is 34.6 Å². The third-order valence-corrected chi connectivity index (χ3v) is 12.1. The molecule has 0 spiro atoms. The van der Waals surface area contributed by atoms with Crippen molar-refractivity contribution in [2.75, 3.05) is 19.0 Å². The van der Waals surface area contributed by atoms with Crippen molar-refractivity contribution in [2.24, 2.45) is 0 Å². The average molecular weight is 453 g/mol. The summed E-state index contributed by atoms with van der Waals surface area (Å²) in [5, 5.41) is 5.25. The van der Waals surface area contributed by atoms with Crippen molar-refractivity contribution in [1.29, 1.82) is 0 Å². The van der Waals surface area contributed by atoms with Gasteiger partial charge in [0.15, 0.2) is 0 Å². The van der Waals surface area contributed by atoms with Gasteiger partial charge in [-0.2, -0.15) is 0 Å². The first-order chi connectivity index (χ1) is 13.8. The van der Waals surface area contributed by atoms with E-state index in [1.54, 1.807) is 0 Å². The molecule has 3 aromatic rings. The summed E-state index contributed by atoms with van der Waals surface area (Å²) in [6.45, 7) is 0.914. The molecule has 0 saturated carbocycles. The maximum atomic E-state index is 3.91. The second-order valence-corrected chi connectivity index (χ2v) is 11.9. The number of hydrogen-bond donors (Lipinski definition) is 0. The molecule has 0 radical (unpaired) electrons. The molecular formula is C24H26BrN2P. The molecule has 144 valence electrons.